The van der Waals surface area contributed by atoms with Crippen molar-refractivity contribution in [2.45, 2.75) is 26.3 Å². The number of fused-ring (bicyclic) bond motifs is 1. The summed E-state index contributed by atoms with van der Waals surface area (Å²) in [5.41, 5.74) is 1.43. The van der Waals surface area contributed by atoms with E-state index in [-0.39, 0.29) is 5.75 Å². The molecule has 0 aliphatic rings. The van der Waals surface area contributed by atoms with Gasteiger partial charge in [0.05, 0.1) is 11.4 Å². The minimum absolute atomic E-state index is 0.188. The largest absolute Gasteiger partial charge is 0.506 e. The number of hydrogen-bond donors (Lipinski definition) is 2. The van der Waals surface area contributed by atoms with Gasteiger partial charge in [-0.05, 0) is 26.0 Å². The Morgan fingerprint density at radius 2 is 2.18 bits per heavy atom. The molecule has 0 bridgehead atoms. The lowest BCUT2D eigenvalue weighted by molar-refractivity contribution is -0.138. The summed E-state index contributed by atoms with van der Waals surface area (Å²) in [6, 6.07) is 7.08. The normalized spacial score (nSPS) is 12.8. The van der Waals surface area contributed by atoms with Gasteiger partial charge in [-0.3, -0.25) is 4.79 Å². The molecule has 1 aromatic heterocycles. The summed E-state index contributed by atoms with van der Waals surface area (Å²) in [6.45, 7) is 4.22. The highest BCUT2D eigenvalue weighted by Crippen LogP contribution is 2.31. The average molecular weight is 233 g/mol. The van der Waals surface area contributed by atoms with Gasteiger partial charge in [0.2, 0.25) is 0 Å². The SMILES string of the molecule is CCn1c(C(C)C(=O)O)cc2cccc(O)c21. The molecule has 0 saturated carbocycles. The van der Waals surface area contributed by atoms with Crippen molar-refractivity contribution < 1.29 is 15.0 Å². The lowest BCUT2D eigenvalue weighted by Crippen LogP contribution is -2.12. The van der Waals surface area contributed by atoms with E-state index in [4.69, 9.17) is 5.11 Å². The van der Waals surface area contributed by atoms with E-state index in [0.29, 0.717) is 12.1 Å². The van der Waals surface area contributed by atoms with Crippen molar-refractivity contribution >= 4 is 16.9 Å². The van der Waals surface area contributed by atoms with E-state index in [9.17, 15) is 9.90 Å². The lowest BCUT2D eigenvalue weighted by atomic mass is 10.1. The molecule has 0 aliphatic carbocycles. The monoisotopic (exact) mass is 233 g/mol. The number of carboxylic acid groups (broad SMARTS) is 1. The number of carbonyl (C=O) groups is 1. The fourth-order valence-electron chi connectivity index (χ4n) is 2.15. The Labute approximate surface area is 99.1 Å². The van der Waals surface area contributed by atoms with Gasteiger partial charge in [-0.25, -0.2) is 0 Å². The Kier molecular flexibility index (Phi) is 2.79. The van der Waals surface area contributed by atoms with E-state index in [2.05, 4.69) is 0 Å². The first-order valence-electron chi connectivity index (χ1n) is 5.60. The van der Waals surface area contributed by atoms with E-state index in [1.807, 2.05) is 23.6 Å². The minimum Gasteiger partial charge on any atom is -0.506 e. The maximum Gasteiger partial charge on any atom is 0.312 e. The average Bonchev–Trinajstić information content (AvgIpc) is 2.67. The minimum atomic E-state index is -0.859. The number of phenols is 1. The Bertz CT molecular complexity index is 571. The molecule has 1 unspecified atom stereocenters. The molecule has 0 saturated heterocycles. The second-order valence-corrected chi connectivity index (χ2v) is 4.09. The topological polar surface area (TPSA) is 62.5 Å². The molecule has 4 nitrogen and oxygen atoms in total. The highest BCUT2D eigenvalue weighted by Gasteiger charge is 2.20. The highest BCUT2D eigenvalue weighted by atomic mass is 16.4. The number of hydrogen-bond acceptors (Lipinski definition) is 2. The maximum absolute atomic E-state index is 11.1. The molecule has 0 aliphatic heterocycles. The quantitative estimate of drug-likeness (QED) is 0.856. The van der Waals surface area contributed by atoms with Crippen molar-refractivity contribution in [2.75, 3.05) is 0 Å². The first kappa shape index (κ1) is 11.5. The van der Waals surface area contributed by atoms with Crippen molar-refractivity contribution in [2.24, 2.45) is 0 Å². The predicted octanol–water partition coefficient (Wildman–Crippen LogP) is 2.55. The maximum atomic E-state index is 11.1. The molecule has 2 rings (SSSR count). The van der Waals surface area contributed by atoms with Gasteiger partial charge >= 0.3 is 5.97 Å². The van der Waals surface area contributed by atoms with Gasteiger partial charge in [0.15, 0.2) is 0 Å². The van der Waals surface area contributed by atoms with Gasteiger partial charge in [0.1, 0.15) is 5.75 Å². The number of aromatic nitrogens is 1. The van der Waals surface area contributed by atoms with Crippen LogP contribution in [-0.2, 0) is 11.3 Å². The van der Waals surface area contributed by atoms with Crippen molar-refractivity contribution in [3.63, 3.8) is 0 Å². The number of nitrogens with zero attached hydrogens (tertiary/aromatic N) is 1. The zero-order chi connectivity index (χ0) is 12.6. The number of carboxylic acids is 1. The summed E-state index contributed by atoms with van der Waals surface area (Å²) in [4.78, 5) is 11.1. The molecule has 0 fully saturated rings. The third kappa shape index (κ3) is 1.75. The number of aromatic hydroxyl groups is 1. The second kappa shape index (κ2) is 4.13. The lowest BCUT2D eigenvalue weighted by Gasteiger charge is -2.11. The van der Waals surface area contributed by atoms with Crippen LogP contribution < -0.4 is 0 Å². The van der Waals surface area contributed by atoms with E-state index in [1.165, 1.54) is 0 Å². The molecule has 90 valence electrons. The molecule has 2 aromatic rings. The van der Waals surface area contributed by atoms with E-state index < -0.39 is 11.9 Å². The third-order valence-corrected chi connectivity index (χ3v) is 3.06. The summed E-state index contributed by atoms with van der Waals surface area (Å²) < 4.78 is 1.85. The van der Waals surface area contributed by atoms with Crippen LogP contribution in [0.5, 0.6) is 5.75 Å². The molecular formula is C13H15NO3. The van der Waals surface area contributed by atoms with Gasteiger partial charge in [-0.2, -0.15) is 0 Å². The Hall–Kier alpha value is -1.97. The van der Waals surface area contributed by atoms with E-state index >= 15 is 0 Å². The highest BCUT2D eigenvalue weighted by molar-refractivity contribution is 5.88. The van der Waals surface area contributed by atoms with Crippen molar-refractivity contribution in [3.05, 3.63) is 30.0 Å². The van der Waals surface area contributed by atoms with Crippen LogP contribution in [0.2, 0.25) is 0 Å². The van der Waals surface area contributed by atoms with Crippen LogP contribution in [0.15, 0.2) is 24.3 Å². The Balaban J connectivity index is 2.73. The molecule has 0 radical (unpaired) electrons. The summed E-state index contributed by atoms with van der Waals surface area (Å²) in [5, 5.41) is 19.8. The molecule has 2 N–H and O–H groups in total. The van der Waals surface area contributed by atoms with Crippen LogP contribution in [0.25, 0.3) is 10.9 Å². The molecule has 0 amide bonds. The number of rotatable bonds is 3. The first-order valence-corrected chi connectivity index (χ1v) is 5.60. The second-order valence-electron chi connectivity index (χ2n) is 4.09. The molecule has 0 spiro atoms. The molecule has 4 heteroatoms. The number of phenolic OH excluding ortho intramolecular Hbond substituents is 1. The molecule has 1 aromatic carbocycles. The van der Waals surface area contributed by atoms with Gasteiger partial charge < -0.3 is 14.8 Å². The molecule has 1 atom stereocenters. The summed E-state index contributed by atoms with van der Waals surface area (Å²) in [7, 11) is 0. The summed E-state index contributed by atoms with van der Waals surface area (Å²) in [5.74, 6) is -1.25. The fraction of sp³-hybridized carbons (Fsp3) is 0.308. The van der Waals surface area contributed by atoms with Crippen molar-refractivity contribution in [3.8, 4) is 5.75 Å². The molecule has 1 heterocycles. The van der Waals surface area contributed by atoms with Crippen LogP contribution >= 0.6 is 0 Å². The van der Waals surface area contributed by atoms with Gasteiger partial charge in [-0.15, -0.1) is 0 Å². The molecular weight excluding hydrogens is 218 g/mol. The van der Waals surface area contributed by atoms with Gasteiger partial charge in [0.25, 0.3) is 0 Å². The number of benzene rings is 1. The van der Waals surface area contributed by atoms with Crippen LogP contribution in [0.1, 0.15) is 25.5 Å². The Morgan fingerprint density at radius 3 is 2.76 bits per heavy atom. The van der Waals surface area contributed by atoms with Crippen LogP contribution in [-0.4, -0.2) is 20.7 Å². The van der Waals surface area contributed by atoms with Gasteiger partial charge in [-0.1, -0.05) is 12.1 Å². The molecule has 17 heavy (non-hydrogen) atoms. The first-order chi connectivity index (χ1) is 8.06. The van der Waals surface area contributed by atoms with E-state index in [1.54, 1.807) is 19.1 Å². The zero-order valence-corrected chi connectivity index (χ0v) is 9.84. The van der Waals surface area contributed by atoms with Crippen LogP contribution in [0, 0.1) is 0 Å². The predicted molar refractivity (Wildman–Crippen MR) is 65.3 cm³/mol. The Morgan fingerprint density at radius 1 is 1.47 bits per heavy atom. The number of aliphatic carboxylic acids is 1. The smallest absolute Gasteiger partial charge is 0.312 e. The zero-order valence-electron chi connectivity index (χ0n) is 9.84. The summed E-state index contributed by atoms with van der Waals surface area (Å²) in [6.07, 6.45) is 0. The van der Waals surface area contributed by atoms with Crippen LogP contribution in [0.4, 0.5) is 0 Å². The van der Waals surface area contributed by atoms with Crippen LogP contribution in [0.3, 0.4) is 0 Å². The van der Waals surface area contributed by atoms with E-state index in [0.717, 1.165) is 11.1 Å². The number of para-hydroxylation sites is 1. The number of aryl methyl sites for hydroxylation is 1. The third-order valence-electron chi connectivity index (χ3n) is 3.06. The van der Waals surface area contributed by atoms with Gasteiger partial charge in [0, 0.05) is 17.6 Å². The van der Waals surface area contributed by atoms with Crippen molar-refractivity contribution in [1.29, 1.82) is 0 Å². The summed E-state index contributed by atoms with van der Waals surface area (Å²) >= 11 is 0. The fourth-order valence-corrected chi connectivity index (χ4v) is 2.15. The van der Waals surface area contributed by atoms with Crippen molar-refractivity contribution in [1.82, 2.24) is 4.57 Å². The standard InChI is InChI=1S/C13H15NO3/c1-3-14-10(8(2)13(16)17)7-9-5-4-6-11(15)12(9)14/h4-8,15H,3H2,1-2H3,(H,16,17).